The topological polar surface area (TPSA) is 26.3 Å². The van der Waals surface area contributed by atoms with Crippen LogP contribution < -0.4 is 0 Å². The fourth-order valence-corrected chi connectivity index (χ4v) is 3.13. The van der Waals surface area contributed by atoms with Gasteiger partial charge in [0.15, 0.2) is 0 Å². The minimum Gasteiger partial charge on any atom is -0.456 e. The largest absolute Gasteiger partial charge is 0.456 e. The van der Waals surface area contributed by atoms with Crippen LogP contribution in [0.4, 0.5) is 0 Å². The number of fused-ring (bicyclic) bond motifs is 1. The number of rotatable bonds is 3. The third-order valence-electron chi connectivity index (χ3n) is 4.47. The van der Waals surface area contributed by atoms with E-state index in [1.807, 2.05) is 13.8 Å². The van der Waals surface area contributed by atoms with Crippen molar-refractivity contribution in [2.45, 2.75) is 59.0 Å². The van der Waals surface area contributed by atoms with Crippen LogP contribution in [0.25, 0.3) is 0 Å². The van der Waals surface area contributed by atoms with E-state index in [2.05, 4.69) is 32.6 Å². The first-order valence-corrected chi connectivity index (χ1v) is 7.22. The first-order chi connectivity index (χ1) is 9.24. The van der Waals surface area contributed by atoms with Crippen LogP contribution in [0.5, 0.6) is 0 Å². The standard InChI is InChI=1S/C18H24O2/c1-11(2)17(19)20-18(5,6)15-10-9-14-8-7-12(3)13(4)16(14)15/h7-8,15H,1,9-10H2,2-6H3. The molecule has 0 bridgehead atoms. The minimum absolute atomic E-state index is 0.265. The summed E-state index contributed by atoms with van der Waals surface area (Å²) >= 11 is 0. The summed E-state index contributed by atoms with van der Waals surface area (Å²) in [5.41, 5.74) is 5.38. The number of hydrogen-bond acceptors (Lipinski definition) is 2. The van der Waals surface area contributed by atoms with Crippen molar-refractivity contribution in [3.63, 3.8) is 0 Å². The molecule has 1 aromatic carbocycles. The molecule has 0 aliphatic heterocycles. The summed E-state index contributed by atoms with van der Waals surface area (Å²) in [6.45, 7) is 13.7. The molecule has 1 aliphatic rings. The van der Waals surface area contributed by atoms with Crippen LogP contribution in [-0.2, 0) is 16.0 Å². The van der Waals surface area contributed by atoms with Gasteiger partial charge in [0.25, 0.3) is 0 Å². The number of carbonyl (C=O) groups excluding carboxylic acids is 1. The number of ether oxygens (including phenoxy) is 1. The van der Waals surface area contributed by atoms with Crippen LogP contribution in [0.15, 0.2) is 24.3 Å². The molecule has 0 amide bonds. The van der Waals surface area contributed by atoms with Crippen molar-refractivity contribution >= 4 is 5.97 Å². The average Bonchev–Trinajstić information content (AvgIpc) is 2.78. The molecule has 0 spiro atoms. The molecular formula is C18H24O2. The maximum atomic E-state index is 11.9. The van der Waals surface area contributed by atoms with Gasteiger partial charge in [-0.1, -0.05) is 18.7 Å². The van der Waals surface area contributed by atoms with Crippen LogP contribution in [0, 0.1) is 13.8 Å². The molecule has 0 saturated carbocycles. The van der Waals surface area contributed by atoms with E-state index < -0.39 is 5.60 Å². The number of carbonyl (C=O) groups is 1. The summed E-state index contributed by atoms with van der Waals surface area (Å²) in [4.78, 5) is 11.9. The predicted octanol–water partition coefficient (Wildman–Crippen LogP) is 4.23. The average molecular weight is 272 g/mol. The summed E-state index contributed by atoms with van der Waals surface area (Å²) < 4.78 is 5.70. The van der Waals surface area contributed by atoms with Gasteiger partial charge in [0.2, 0.25) is 0 Å². The fourth-order valence-electron chi connectivity index (χ4n) is 3.13. The summed E-state index contributed by atoms with van der Waals surface area (Å²) in [5.74, 6) is -0.0329. The van der Waals surface area contributed by atoms with Gasteiger partial charge < -0.3 is 4.74 Å². The number of aryl methyl sites for hydroxylation is 2. The molecule has 1 aliphatic carbocycles. The normalized spacial score (nSPS) is 17.8. The van der Waals surface area contributed by atoms with Gasteiger partial charge in [-0.15, -0.1) is 0 Å². The van der Waals surface area contributed by atoms with Gasteiger partial charge in [-0.3, -0.25) is 0 Å². The van der Waals surface area contributed by atoms with Crippen LogP contribution in [0.2, 0.25) is 0 Å². The lowest BCUT2D eigenvalue weighted by molar-refractivity contribution is -0.153. The highest BCUT2D eigenvalue weighted by molar-refractivity contribution is 5.87. The van der Waals surface area contributed by atoms with Crippen molar-refractivity contribution in [3.8, 4) is 0 Å². The maximum Gasteiger partial charge on any atom is 0.333 e. The highest BCUT2D eigenvalue weighted by Crippen LogP contribution is 2.44. The van der Waals surface area contributed by atoms with Crippen molar-refractivity contribution in [2.75, 3.05) is 0 Å². The molecule has 0 N–H and O–H groups in total. The summed E-state index contributed by atoms with van der Waals surface area (Å²) in [7, 11) is 0. The lowest BCUT2D eigenvalue weighted by atomic mass is 9.82. The molecule has 20 heavy (non-hydrogen) atoms. The first kappa shape index (κ1) is 14.8. The molecule has 0 aromatic heterocycles. The van der Waals surface area contributed by atoms with Gasteiger partial charge in [0, 0.05) is 11.5 Å². The number of esters is 1. The molecule has 0 fully saturated rings. The van der Waals surface area contributed by atoms with Crippen LogP contribution in [0.1, 0.15) is 55.4 Å². The predicted molar refractivity (Wildman–Crippen MR) is 82.0 cm³/mol. The molecule has 1 aromatic rings. The summed E-state index contributed by atoms with van der Waals surface area (Å²) in [6, 6.07) is 4.40. The van der Waals surface area contributed by atoms with Crippen LogP contribution in [0.3, 0.4) is 0 Å². The Hall–Kier alpha value is -1.57. The van der Waals surface area contributed by atoms with Gasteiger partial charge >= 0.3 is 5.97 Å². The van der Waals surface area contributed by atoms with E-state index in [1.165, 1.54) is 22.3 Å². The van der Waals surface area contributed by atoms with Crippen LogP contribution >= 0.6 is 0 Å². The van der Waals surface area contributed by atoms with Crippen molar-refractivity contribution in [3.05, 3.63) is 46.5 Å². The van der Waals surface area contributed by atoms with Gasteiger partial charge in [-0.05, 0) is 69.7 Å². The molecule has 0 heterocycles. The zero-order valence-electron chi connectivity index (χ0n) is 13.2. The van der Waals surface area contributed by atoms with E-state index in [1.54, 1.807) is 6.92 Å². The van der Waals surface area contributed by atoms with Gasteiger partial charge in [-0.25, -0.2) is 4.79 Å². The van der Waals surface area contributed by atoms with Crippen LogP contribution in [-0.4, -0.2) is 11.6 Å². The van der Waals surface area contributed by atoms with Gasteiger partial charge in [0.05, 0.1) is 0 Å². The van der Waals surface area contributed by atoms with Crippen molar-refractivity contribution in [1.82, 2.24) is 0 Å². The second kappa shape index (κ2) is 5.08. The summed E-state index contributed by atoms with van der Waals surface area (Å²) in [5, 5.41) is 0. The molecular weight excluding hydrogens is 248 g/mol. The summed E-state index contributed by atoms with van der Waals surface area (Å²) in [6.07, 6.45) is 2.10. The van der Waals surface area contributed by atoms with E-state index in [4.69, 9.17) is 4.74 Å². The van der Waals surface area contributed by atoms with Gasteiger partial charge in [0.1, 0.15) is 5.60 Å². The Kier molecular flexibility index (Phi) is 3.77. The Morgan fingerprint density at radius 2 is 2.00 bits per heavy atom. The zero-order chi connectivity index (χ0) is 15.1. The molecule has 108 valence electrons. The SMILES string of the molecule is C=C(C)C(=O)OC(C)(C)C1CCc2ccc(C)c(C)c21. The van der Waals surface area contributed by atoms with E-state index in [0.717, 1.165) is 12.8 Å². The van der Waals surface area contributed by atoms with E-state index in [9.17, 15) is 4.79 Å². The Balaban J connectivity index is 2.35. The molecule has 2 rings (SSSR count). The first-order valence-electron chi connectivity index (χ1n) is 7.22. The monoisotopic (exact) mass is 272 g/mol. The molecule has 2 nitrogen and oxygen atoms in total. The second-order valence-electron chi connectivity index (χ2n) is 6.44. The van der Waals surface area contributed by atoms with E-state index in [-0.39, 0.29) is 11.9 Å². The van der Waals surface area contributed by atoms with Crippen molar-refractivity contribution in [2.24, 2.45) is 0 Å². The molecule has 1 unspecified atom stereocenters. The van der Waals surface area contributed by atoms with E-state index >= 15 is 0 Å². The maximum absolute atomic E-state index is 11.9. The minimum atomic E-state index is -0.500. The highest BCUT2D eigenvalue weighted by Gasteiger charge is 2.39. The fraction of sp³-hybridized carbons (Fsp3) is 0.500. The second-order valence-corrected chi connectivity index (χ2v) is 6.44. The third-order valence-corrected chi connectivity index (χ3v) is 4.47. The lowest BCUT2D eigenvalue weighted by Gasteiger charge is -2.33. The Morgan fingerprint density at radius 1 is 1.35 bits per heavy atom. The van der Waals surface area contributed by atoms with Crippen molar-refractivity contribution in [1.29, 1.82) is 0 Å². The van der Waals surface area contributed by atoms with Gasteiger partial charge in [-0.2, -0.15) is 0 Å². The van der Waals surface area contributed by atoms with Crippen molar-refractivity contribution < 1.29 is 9.53 Å². The zero-order valence-corrected chi connectivity index (χ0v) is 13.2. The third kappa shape index (κ3) is 2.52. The molecule has 1 atom stereocenters. The quantitative estimate of drug-likeness (QED) is 0.608. The molecule has 0 radical (unpaired) electrons. The lowest BCUT2D eigenvalue weighted by Crippen LogP contribution is -2.34. The number of benzene rings is 1. The highest BCUT2D eigenvalue weighted by atomic mass is 16.6. The number of hydrogen-bond donors (Lipinski definition) is 0. The molecule has 0 saturated heterocycles. The smallest absolute Gasteiger partial charge is 0.333 e. The Bertz CT molecular complexity index is 567. The Labute approximate surface area is 121 Å². The van der Waals surface area contributed by atoms with E-state index in [0.29, 0.717) is 5.57 Å². The Morgan fingerprint density at radius 3 is 2.60 bits per heavy atom. The molecule has 2 heteroatoms.